The summed E-state index contributed by atoms with van der Waals surface area (Å²) in [6, 6.07) is 3.84. The van der Waals surface area contributed by atoms with Crippen LogP contribution in [-0.4, -0.2) is 28.6 Å². The highest BCUT2D eigenvalue weighted by molar-refractivity contribution is 5.95. The number of hydrogen-bond donors (Lipinski definition) is 3. The molecule has 0 aromatic heterocycles. The van der Waals surface area contributed by atoms with Gasteiger partial charge in [0.15, 0.2) is 0 Å². The van der Waals surface area contributed by atoms with Crippen LogP contribution >= 0.6 is 0 Å². The Hall–Kier alpha value is -2.15. The van der Waals surface area contributed by atoms with Gasteiger partial charge >= 0.3 is 0 Å². The molecule has 0 aliphatic rings. The van der Waals surface area contributed by atoms with Gasteiger partial charge in [-0.2, -0.15) is 0 Å². The van der Waals surface area contributed by atoms with Crippen LogP contribution in [0.15, 0.2) is 18.2 Å². The van der Waals surface area contributed by atoms with E-state index >= 15 is 0 Å². The molecule has 7 heteroatoms. The lowest BCUT2D eigenvalue weighted by molar-refractivity contribution is -0.383. The zero-order valence-electron chi connectivity index (χ0n) is 10.6. The fraction of sp³-hybridized carbons (Fsp3) is 0.417. The van der Waals surface area contributed by atoms with Gasteiger partial charge in [-0.25, -0.2) is 0 Å². The molecule has 0 saturated heterocycles. The summed E-state index contributed by atoms with van der Waals surface area (Å²) in [7, 11) is 0. The summed E-state index contributed by atoms with van der Waals surface area (Å²) in [4.78, 5) is 21.8. The van der Waals surface area contributed by atoms with Gasteiger partial charge in [0, 0.05) is 18.2 Å². The molecule has 1 amide bonds. The number of nitrogens with one attached hydrogen (secondary N) is 1. The van der Waals surface area contributed by atoms with Crippen LogP contribution < -0.4 is 11.1 Å². The molecular formula is C12H17N3O4. The first kappa shape index (κ1) is 14.9. The molecule has 1 aromatic carbocycles. The van der Waals surface area contributed by atoms with Crippen LogP contribution in [0.1, 0.15) is 30.1 Å². The second kappa shape index (κ2) is 6.69. The average Bonchev–Trinajstić information content (AvgIpc) is 2.36. The summed E-state index contributed by atoms with van der Waals surface area (Å²) in [6.07, 6.45) is 0.782. The van der Waals surface area contributed by atoms with Crippen LogP contribution in [-0.2, 0) is 0 Å². The standard InChI is InChI=1S/C12H17N3O4/c1-2-3-9(16)7-14-12(17)8-4-5-10(13)11(6-8)15(18)19/h4-6,9,16H,2-3,7,13H2,1H3,(H,14,17). The zero-order valence-corrected chi connectivity index (χ0v) is 10.6. The number of nitrogens with zero attached hydrogens (tertiary/aromatic N) is 1. The molecule has 0 aliphatic heterocycles. The molecule has 0 fully saturated rings. The molecule has 0 bridgehead atoms. The number of carbonyl (C=O) groups excluding carboxylic acids is 1. The van der Waals surface area contributed by atoms with Gasteiger partial charge in [0.25, 0.3) is 11.6 Å². The fourth-order valence-electron chi connectivity index (χ4n) is 1.59. The van der Waals surface area contributed by atoms with Gasteiger partial charge in [0.05, 0.1) is 11.0 Å². The van der Waals surface area contributed by atoms with Crippen LogP contribution in [0.25, 0.3) is 0 Å². The number of benzene rings is 1. The highest BCUT2D eigenvalue weighted by Crippen LogP contribution is 2.22. The van der Waals surface area contributed by atoms with Crippen molar-refractivity contribution in [1.29, 1.82) is 0 Å². The van der Waals surface area contributed by atoms with Crippen molar-refractivity contribution in [2.75, 3.05) is 12.3 Å². The monoisotopic (exact) mass is 267 g/mol. The molecular weight excluding hydrogens is 250 g/mol. The van der Waals surface area contributed by atoms with E-state index in [4.69, 9.17) is 5.73 Å². The van der Waals surface area contributed by atoms with Gasteiger partial charge in [-0.15, -0.1) is 0 Å². The molecule has 4 N–H and O–H groups in total. The SMILES string of the molecule is CCCC(O)CNC(=O)c1ccc(N)c([N+](=O)[O-])c1. The van der Waals surface area contributed by atoms with Gasteiger partial charge in [-0.05, 0) is 18.6 Å². The predicted molar refractivity (Wildman–Crippen MR) is 70.8 cm³/mol. The van der Waals surface area contributed by atoms with Gasteiger partial charge in [0.1, 0.15) is 5.69 Å². The van der Waals surface area contributed by atoms with Crippen LogP contribution in [0, 0.1) is 10.1 Å². The molecule has 1 aromatic rings. The molecule has 0 saturated carbocycles. The topological polar surface area (TPSA) is 118 Å². The molecule has 0 spiro atoms. The lowest BCUT2D eigenvalue weighted by atomic mass is 10.1. The third-order valence-corrected chi connectivity index (χ3v) is 2.61. The summed E-state index contributed by atoms with van der Waals surface area (Å²) in [5.74, 6) is -0.474. The lowest BCUT2D eigenvalue weighted by Crippen LogP contribution is -2.32. The fourth-order valence-corrected chi connectivity index (χ4v) is 1.59. The van der Waals surface area contributed by atoms with Crippen LogP contribution in [0.5, 0.6) is 0 Å². The van der Waals surface area contributed by atoms with Crippen molar-refractivity contribution in [3.8, 4) is 0 Å². The van der Waals surface area contributed by atoms with E-state index in [1.165, 1.54) is 12.1 Å². The van der Waals surface area contributed by atoms with Crippen molar-refractivity contribution >= 4 is 17.3 Å². The first-order valence-electron chi connectivity index (χ1n) is 5.95. The van der Waals surface area contributed by atoms with E-state index in [-0.39, 0.29) is 23.5 Å². The first-order valence-corrected chi connectivity index (χ1v) is 5.95. The maximum atomic E-state index is 11.8. The highest BCUT2D eigenvalue weighted by atomic mass is 16.6. The molecule has 1 unspecified atom stereocenters. The summed E-state index contributed by atoms with van der Waals surface area (Å²) < 4.78 is 0. The molecule has 1 atom stereocenters. The van der Waals surface area contributed by atoms with Crippen LogP contribution in [0.4, 0.5) is 11.4 Å². The lowest BCUT2D eigenvalue weighted by Gasteiger charge is -2.10. The second-order valence-corrected chi connectivity index (χ2v) is 4.18. The van der Waals surface area contributed by atoms with Gasteiger partial charge < -0.3 is 16.2 Å². The summed E-state index contributed by atoms with van der Waals surface area (Å²) in [6.45, 7) is 2.04. The van der Waals surface area contributed by atoms with E-state index in [1.807, 2.05) is 6.92 Å². The Morgan fingerprint density at radius 1 is 1.58 bits per heavy atom. The first-order chi connectivity index (χ1) is 8.95. The Morgan fingerprint density at radius 3 is 2.84 bits per heavy atom. The number of aliphatic hydroxyl groups is 1. The number of amides is 1. The zero-order chi connectivity index (χ0) is 14.4. The largest absolute Gasteiger partial charge is 0.393 e. The van der Waals surface area contributed by atoms with Crippen LogP contribution in [0.3, 0.4) is 0 Å². The highest BCUT2D eigenvalue weighted by Gasteiger charge is 2.16. The Balaban J connectivity index is 2.72. The van der Waals surface area contributed by atoms with Crippen molar-refractivity contribution in [2.24, 2.45) is 0 Å². The van der Waals surface area contributed by atoms with E-state index in [2.05, 4.69) is 5.32 Å². The Kier molecular flexibility index (Phi) is 5.25. The number of aliphatic hydroxyl groups excluding tert-OH is 1. The van der Waals surface area contributed by atoms with Gasteiger partial charge in [-0.1, -0.05) is 13.3 Å². The maximum absolute atomic E-state index is 11.8. The molecule has 7 nitrogen and oxygen atoms in total. The number of nitrogen functional groups attached to an aromatic ring is 1. The van der Waals surface area contributed by atoms with E-state index < -0.39 is 16.9 Å². The maximum Gasteiger partial charge on any atom is 0.292 e. The minimum absolute atomic E-state index is 0.00701. The number of hydrogen-bond acceptors (Lipinski definition) is 5. The van der Waals surface area contributed by atoms with Crippen molar-refractivity contribution in [1.82, 2.24) is 5.32 Å². The van der Waals surface area contributed by atoms with Gasteiger partial charge in [-0.3, -0.25) is 14.9 Å². The molecule has 0 radical (unpaired) electrons. The van der Waals surface area contributed by atoms with E-state index in [1.54, 1.807) is 0 Å². The van der Waals surface area contributed by atoms with Gasteiger partial charge in [0.2, 0.25) is 0 Å². The number of rotatable bonds is 6. The third-order valence-electron chi connectivity index (χ3n) is 2.61. The molecule has 19 heavy (non-hydrogen) atoms. The van der Waals surface area contributed by atoms with Crippen molar-refractivity contribution in [2.45, 2.75) is 25.9 Å². The smallest absolute Gasteiger partial charge is 0.292 e. The molecule has 104 valence electrons. The van der Waals surface area contributed by atoms with E-state index in [0.29, 0.717) is 6.42 Å². The Bertz CT molecular complexity index is 476. The minimum atomic E-state index is -0.641. The summed E-state index contributed by atoms with van der Waals surface area (Å²) in [5, 5.41) is 22.7. The number of anilines is 1. The number of carbonyl (C=O) groups is 1. The summed E-state index contributed by atoms with van der Waals surface area (Å²) >= 11 is 0. The predicted octanol–water partition coefficient (Wildman–Crippen LogP) is 1.07. The second-order valence-electron chi connectivity index (χ2n) is 4.18. The summed E-state index contributed by atoms with van der Waals surface area (Å²) in [5.41, 5.74) is 5.29. The van der Waals surface area contributed by atoms with E-state index in [9.17, 15) is 20.0 Å². The van der Waals surface area contributed by atoms with Crippen LogP contribution in [0.2, 0.25) is 0 Å². The normalized spacial score (nSPS) is 11.9. The molecule has 0 aliphatic carbocycles. The van der Waals surface area contributed by atoms with Crippen molar-refractivity contribution in [3.05, 3.63) is 33.9 Å². The van der Waals surface area contributed by atoms with E-state index in [0.717, 1.165) is 12.5 Å². The third kappa shape index (κ3) is 4.22. The minimum Gasteiger partial charge on any atom is -0.393 e. The van der Waals surface area contributed by atoms with Crippen molar-refractivity contribution in [3.63, 3.8) is 0 Å². The molecule has 0 heterocycles. The van der Waals surface area contributed by atoms with Crippen molar-refractivity contribution < 1.29 is 14.8 Å². The Labute approximate surface area is 110 Å². The molecule has 1 rings (SSSR count). The Morgan fingerprint density at radius 2 is 2.26 bits per heavy atom. The number of nitro groups is 1. The quantitative estimate of drug-likeness (QED) is 0.404. The average molecular weight is 267 g/mol. The number of nitrogens with two attached hydrogens (primary N) is 1. The number of nitro benzene ring substituents is 1.